The molecule has 0 bridgehead atoms. The van der Waals surface area contributed by atoms with E-state index >= 15 is 0 Å². The van der Waals surface area contributed by atoms with Gasteiger partial charge in [0.05, 0.1) is 96.6 Å². The number of amides is 5. The van der Waals surface area contributed by atoms with Crippen LogP contribution in [0.5, 0.6) is 0 Å². The fourth-order valence-corrected chi connectivity index (χ4v) is 23.2. The molecule has 28 heteroatoms. The van der Waals surface area contributed by atoms with Gasteiger partial charge >= 0.3 is 5.97 Å². The molecule has 3 saturated heterocycles. The average molecular weight is 1850 g/mol. The van der Waals surface area contributed by atoms with E-state index in [2.05, 4.69) is 65.6 Å². The molecule has 133 heavy (non-hydrogen) atoms. The van der Waals surface area contributed by atoms with Crippen molar-refractivity contribution in [2.75, 3.05) is 78.9 Å². The predicted octanol–water partition coefficient (Wildman–Crippen LogP) is 17.1. The number of morpholine rings is 3. The van der Waals surface area contributed by atoms with Gasteiger partial charge in [-0.2, -0.15) is 0 Å². The van der Waals surface area contributed by atoms with Gasteiger partial charge in [0.2, 0.25) is 10.0 Å². The smallest absolute Gasteiger partial charge is 0.335 e. The number of hydrogen-bond acceptors (Lipinski definition) is 15. The molecule has 9 aliphatic rings. The number of nitrogens with zero attached hydrogens (tertiary/aromatic N) is 6. The Morgan fingerprint density at radius 2 is 0.602 bits per heavy atom. The SMILES string of the molecule is NS(=O)(=O)c1ccccc1.O=C(NS(=O)(=O)c1ccccc1)c1ccc2c(C3CCCCC3)c3n(c2c1)CC(C(=O)N1CCOCC1)=Cc1ccccc1-3.O=C(NS(=O)(=O)c1ccccc1)c1ccc2c(C3CCCCC3)c3n(c2c1)CC(C(=O)N1CCOCC1)=Cc1ccccc1-3.O=C(O)c1ccc2c(C3CCCCC3)c3n(c2c1)CC(C(=O)N1CCOCC1)=Cc1ccccc1-3. The van der Waals surface area contributed by atoms with E-state index in [1.807, 2.05) is 81.5 Å². The summed E-state index contributed by atoms with van der Waals surface area (Å²) in [5, 5.41) is 17.8. The molecule has 0 atom stereocenters. The first-order valence-corrected chi connectivity index (χ1v) is 50.6. The van der Waals surface area contributed by atoms with Gasteiger partial charge < -0.3 is 47.7 Å². The third-order valence-corrected chi connectivity index (χ3v) is 30.7. The molecular weight excluding hydrogens is 1740 g/mol. The molecule has 3 aromatic heterocycles. The van der Waals surface area contributed by atoms with E-state index < -0.39 is 47.9 Å². The molecule has 0 radical (unpaired) electrons. The van der Waals surface area contributed by atoms with Crippen LogP contribution in [0.4, 0.5) is 0 Å². The first-order valence-electron chi connectivity index (χ1n) is 46.1. The van der Waals surface area contributed by atoms with Crippen LogP contribution in [0.1, 0.15) is 179 Å². The van der Waals surface area contributed by atoms with E-state index in [1.54, 1.807) is 91.0 Å². The zero-order valence-electron chi connectivity index (χ0n) is 74.0. The Balaban J connectivity index is 0.000000127. The minimum absolute atomic E-state index is 0.0140. The molecular formula is C105H107N9O16S3. The second-order valence-electron chi connectivity index (χ2n) is 35.4. The topological polar surface area (TPSA) is 327 Å². The number of rotatable bonds is 14. The summed E-state index contributed by atoms with van der Waals surface area (Å²) in [5.74, 6) is -1.18. The molecule has 21 rings (SSSR count). The molecule has 12 aromatic rings. The lowest BCUT2D eigenvalue weighted by molar-refractivity contribution is -0.131. The van der Waals surface area contributed by atoms with Crippen molar-refractivity contribution in [3.05, 3.63) is 285 Å². The number of primary sulfonamides is 1. The highest BCUT2D eigenvalue weighted by molar-refractivity contribution is 7.90. The van der Waals surface area contributed by atoms with Crippen molar-refractivity contribution >= 4 is 117 Å². The number of benzene rings is 9. The normalized spacial score (nSPS) is 17.2. The van der Waals surface area contributed by atoms with Gasteiger partial charge in [0.1, 0.15) is 0 Å². The number of carboxylic acids is 1. The van der Waals surface area contributed by atoms with E-state index in [9.17, 15) is 59.1 Å². The lowest BCUT2D eigenvalue weighted by atomic mass is 9.81. The molecule has 6 aliphatic heterocycles. The Morgan fingerprint density at radius 1 is 0.331 bits per heavy atom. The third-order valence-electron chi connectivity index (χ3n) is 27.1. The van der Waals surface area contributed by atoms with Gasteiger partial charge in [0, 0.05) is 117 Å². The summed E-state index contributed by atoms with van der Waals surface area (Å²) in [6.45, 7) is 7.66. The first kappa shape index (κ1) is 90.9. The molecule has 5 N–H and O–H groups in total. The highest BCUT2D eigenvalue weighted by atomic mass is 32.2. The highest BCUT2D eigenvalue weighted by Crippen LogP contribution is 2.51. The molecule has 0 unspecified atom stereocenters. The van der Waals surface area contributed by atoms with Crippen LogP contribution in [0.15, 0.2) is 250 Å². The molecule has 6 fully saturated rings. The van der Waals surface area contributed by atoms with Crippen LogP contribution in [0.25, 0.3) is 84.7 Å². The van der Waals surface area contributed by atoms with Crippen LogP contribution in [0.2, 0.25) is 0 Å². The van der Waals surface area contributed by atoms with Crippen molar-refractivity contribution in [2.45, 2.75) is 148 Å². The lowest BCUT2D eigenvalue weighted by Crippen LogP contribution is -2.41. The average Bonchev–Trinajstić information content (AvgIpc) is 1.58. The number of sulfonamides is 3. The zero-order chi connectivity index (χ0) is 92.1. The number of aromatic carboxylic acids is 1. The van der Waals surface area contributed by atoms with Crippen molar-refractivity contribution < 1.29 is 73.3 Å². The first-order chi connectivity index (χ1) is 64.5. The van der Waals surface area contributed by atoms with Crippen molar-refractivity contribution in [1.29, 1.82) is 0 Å². The highest BCUT2D eigenvalue weighted by Gasteiger charge is 2.38. The van der Waals surface area contributed by atoms with Crippen LogP contribution >= 0.6 is 0 Å². The monoisotopic (exact) mass is 1850 g/mol. The maximum atomic E-state index is 13.9. The van der Waals surface area contributed by atoms with Crippen LogP contribution in [-0.4, -0.2) is 173 Å². The van der Waals surface area contributed by atoms with Gasteiger partial charge in [-0.25, -0.2) is 44.6 Å². The summed E-state index contributed by atoms with van der Waals surface area (Å²) in [6.07, 6.45) is 23.5. The van der Waals surface area contributed by atoms with Crippen molar-refractivity contribution in [1.82, 2.24) is 37.8 Å². The minimum atomic E-state index is -4.04. The fourth-order valence-electron chi connectivity index (χ4n) is 20.6. The molecule has 3 saturated carbocycles. The van der Waals surface area contributed by atoms with Gasteiger partial charge in [-0.05, 0) is 181 Å². The van der Waals surface area contributed by atoms with E-state index in [4.69, 9.17) is 19.3 Å². The Bertz CT molecular complexity index is 6670. The molecule has 9 heterocycles. The van der Waals surface area contributed by atoms with Crippen molar-refractivity contribution in [3.63, 3.8) is 0 Å². The van der Waals surface area contributed by atoms with Gasteiger partial charge in [-0.1, -0.05) is 203 Å². The number of carbonyl (C=O) groups is 6. The number of fused-ring (bicyclic) bond motifs is 15. The molecule has 0 spiro atoms. The molecule has 686 valence electrons. The second kappa shape index (κ2) is 39.6. The summed E-state index contributed by atoms with van der Waals surface area (Å²) < 4.78 is 101. The van der Waals surface area contributed by atoms with Gasteiger partial charge in [0.15, 0.2) is 0 Å². The van der Waals surface area contributed by atoms with Crippen LogP contribution in [-0.2, 0) is 78.3 Å². The Kier molecular flexibility index (Phi) is 27.1. The summed E-state index contributed by atoms with van der Waals surface area (Å²) in [4.78, 5) is 85.9. The van der Waals surface area contributed by atoms with E-state index in [0.29, 0.717) is 127 Å². The van der Waals surface area contributed by atoms with Gasteiger partial charge in [-0.15, -0.1) is 0 Å². The number of ether oxygens (including phenoxy) is 3. The van der Waals surface area contributed by atoms with Crippen LogP contribution in [0.3, 0.4) is 0 Å². The van der Waals surface area contributed by atoms with E-state index in [0.717, 1.165) is 153 Å². The summed E-state index contributed by atoms with van der Waals surface area (Å²) in [6, 6.07) is 64.8. The lowest BCUT2D eigenvalue weighted by Gasteiger charge is -2.28. The minimum Gasteiger partial charge on any atom is -0.478 e. The van der Waals surface area contributed by atoms with Crippen LogP contribution in [0, 0.1) is 0 Å². The number of carbonyl (C=O) groups excluding carboxylic acids is 5. The fraction of sp³-hybridized carbons (Fsp3) is 0.314. The Morgan fingerprint density at radius 3 is 0.887 bits per heavy atom. The number of aromatic nitrogens is 3. The zero-order valence-corrected chi connectivity index (χ0v) is 76.5. The summed E-state index contributed by atoms with van der Waals surface area (Å²) in [5.41, 5.74) is 18.8. The van der Waals surface area contributed by atoms with Gasteiger partial charge in [0.25, 0.3) is 49.6 Å². The van der Waals surface area contributed by atoms with Crippen LogP contribution < -0.4 is 14.6 Å². The van der Waals surface area contributed by atoms with Crippen molar-refractivity contribution in [2.24, 2.45) is 5.14 Å². The number of nitrogens with two attached hydrogens (primary N) is 1. The van der Waals surface area contributed by atoms with Crippen molar-refractivity contribution in [3.8, 4) is 33.8 Å². The molecule has 5 amide bonds. The van der Waals surface area contributed by atoms with E-state index in [1.165, 1.54) is 85.2 Å². The predicted molar refractivity (Wildman–Crippen MR) is 513 cm³/mol. The second-order valence-corrected chi connectivity index (χ2v) is 40.3. The molecule has 25 nitrogen and oxygen atoms in total. The Labute approximate surface area is 774 Å². The molecule has 3 aliphatic carbocycles. The molecule has 9 aromatic carbocycles. The third kappa shape index (κ3) is 19.4. The number of carboxylic acid groups (broad SMARTS) is 1. The summed E-state index contributed by atoms with van der Waals surface area (Å²) in [7, 11) is -11.6. The maximum absolute atomic E-state index is 13.9. The maximum Gasteiger partial charge on any atom is 0.335 e. The standard InChI is InChI=1S/2C35H35N3O5S.C29H30N2O4.C6H7NO2S/c2*39-34(36-44(41,42)28-12-5-2-6-13-28)26-15-16-30-31(22-26)38-23-27(35(40)37-17-19-43-20-18-37)21-25-11-7-8-14-29(25)33(38)32(30)24-9-3-1-4-10-24;32-28(30-12-14-35-15-13-30)22-16-20-8-4-5-9-23(20)27-26(19-6-2-1-3-7-19)24-11-10-21(29(33)34)17-25(24)31(27)18-22;7-10(8,9)6-4-2-1-3-5-6/h2*2,5-8,11-16,21-22,24H,1,3-4,9-10,17-20,23H2,(H,36,39);4-5,8-11,16-17,19H,1-3,6-7,12-15,18H2,(H,33,34);1-5H,(H2,7,8,9). The number of nitrogens with one attached hydrogen (secondary N) is 2. The number of hydrogen-bond donors (Lipinski definition) is 4. The van der Waals surface area contributed by atoms with E-state index in [-0.39, 0.29) is 49.1 Å². The quantitative estimate of drug-likeness (QED) is 0.0786. The Hall–Kier alpha value is -12.7. The largest absolute Gasteiger partial charge is 0.478 e. The van der Waals surface area contributed by atoms with Gasteiger partial charge in [-0.3, -0.25) is 24.0 Å². The summed E-state index contributed by atoms with van der Waals surface area (Å²) >= 11 is 0.